The predicted molar refractivity (Wildman–Crippen MR) is 100 cm³/mol. The molecule has 0 aliphatic carbocycles. The zero-order chi connectivity index (χ0) is 20.1. The van der Waals surface area contributed by atoms with Crippen molar-refractivity contribution in [3.63, 3.8) is 0 Å². The van der Waals surface area contributed by atoms with Crippen LogP contribution in [0.25, 0.3) is 11.5 Å². The third kappa shape index (κ3) is 4.35. The van der Waals surface area contributed by atoms with E-state index in [4.69, 9.17) is 9.15 Å². The van der Waals surface area contributed by atoms with Crippen molar-refractivity contribution in [2.24, 2.45) is 0 Å². The Balaban J connectivity index is 1.78. The first-order chi connectivity index (χ1) is 13.5. The van der Waals surface area contributed by atoms with Crippen LogP contribution in [0.5, 0.6) is 0 Å². The highest BCUT2D eigenvalue weighted by molar-refractivity contribution is 5.84. The molecule has 0 bridgehead atoms. The Bertz CT molecular complexity index is 1010. The SMILES string of the molecule is CN(C)C(=O)[C@H](OC(=O)Cn1nc(-c2ccccc2)oc1=O)c1ccccc1. The van der Waals surface area contributed by atoms with Gasteiger partial charge >= 0.3 is 11.7 Å². The van der Waals surface area contributed by atoms with Crippen molar-refractivity contribution in [2.75, 3.05) is 14.1 Å². The van der Waals surface area contributed by atoms with Crippen LogP contribution in [0, 0.1) is 0 Å². The first-order valence-corrected chi connectivity index (χ1v) is 8.54. The molecule has 1 aromatic heterocycles. The van der Waals surface area contributed by atoms with Crippen molar-refractivity contribution in [1.29, 1.82) is 0 Å². The van der Waals surface area contributed by atoms with E-state index in [1.165, 1.54) is 4.90 Å². The van der Waals surface area contributed by atoms with E-state index in [0.29, 0.717) is 11.1 Å². The lowest BCUT2D eigenvalue weighted by molar-refractivity contribution is -0.160. The van der Waals surface area contributed by atoms with Gasteiger partial charge in [-0.1, -0.05) is 48.5 Å². The van der Waals surface area contributed by atoms with Crippen molar-refractivity contribution < 1.29 is 18.7 Å². The van der Waals surface area contributed by atoms with E-state index < -0.39 is 30.3 Å². The maximum Gasteiger partial charge on any atom is 0.437 e. The van der Waals surface area contributed by atoms with Gasteiger partial charge in [0.1, 0.15) is 6.54 Å². The smallest absolute Gasteiger partial charge is 0.437 e. The second-order valence-corrected chi connectivity index (χ2v) is 6.21. The minimum absolute atomic E-state index is 0.0994. The molecule has 0 N–H and O–H groups in total. The average Bonchev–Trinajstić information content (AvgIpc) is 3.07. The fourth-order valence-electron chi connectivity index (χ4n) is 2.52. The molecule has 1 amide bonds. The summed E-state index contributed by atoms with van der Waals surface area (Å²) in [6.45, 7) is -0.473. The second kappa shape index (κ2) is 8.34. The van der Waals surface area contributed by atoms with E-state index in [1.54, 1.807) is 68.7 Å². The van der Waals surface area contributed by atoms with Crippen LogP contribution in [-0.4, -0.2) is 40.7 Å². The number of esters is 1. The average molecular weight is 381 g/mol. The number of hydrogen-bond donors (Lipinski definition) is 0. The number of amides is 1. The third-order valence-electron chi connectivity index (χ3n) is 3.92. The number of likely N-dealkylation sites (N-methyl/N-ethyl adjacent to an activating group) is 1. The lowest BCUT2D eigenvalue weighted by atomic mass is 10.1. The molecular weight excluding hydrogens is 362 g/mol. The predicted octanol–water partition coefficient (Wildman–Crippen LogP) is 1.88. The number of benzene rings is 2. The molecule has 8 nitrogen and oxygen atoms in total. The number of rotatable bonds is 6. The summed E-state index contributed by atoms with van der Waals surface area (Å²) in [6.07, 6.45) is -1.11. The van der Waals surface area contributed by atoms with Gasteiger partial charge in [-0.15, -0.1) is 5.10 Å². The standard InChI is InChI=1S/C20H19N3O5/c1-22(2)19(25)17(14-9-5-3-6-10-14)27-16(24)13-23-20(26)28-18(21-23)15-11-7-4-8-12-15/h3-12,17H,13H2,1-2H3/t17-/m1/s1. The molecule has 3 rings (SSSR count). The molecule has 0 saturated carbocycles. The Morgan fingerprint density at radius 2 is 1.68 bits per heavy atom. The van der Waals surface area contributed by atoms with Gasteiger partial charge in [-0.25, -0.2) is 4.79 Å². The number of aromatic nitrogens is 2. The van der Waals surface area contributed by atoms with Crippen molar-refractivity contribution in [3.05, 3.63) is 76.8 Å². The Morgan fingerprint density at radius 3 is 2.29 bits per heavy atom. The fraction of sp³-hybridized carbons (Fsp3) is 0.200. The molecule has 0 spiro atoms. The molecule has 28 heavy (non-hydrogen) atoms. The molecule has 0 aliphatic rings. The van der Waals surface area contributed by atoms with Gasteiger partial charge in [0.25, 0.3) is 5.91 Å². The number of carbonyl (C=O) groups is 2. The Labute approximate surface area is 161 Å². The highest BCUT2D eigenvalue weighted by Gasteiger charge is 2.27. The third-order valence-corrected chi connectivity index (χ3v) is 3.92. The number of hydrogen-bond acceptors (Lipinski definition) is 6. The van der Waals surface area contributed by atoms with Gasteiger partial charge < -0.3 is 14.1 Å². The van der Waals surface area contributed by atoms with Crippen molar-refractivity contribution in [1.82, 2.24) is 14.7 Å². The zero-order valence-corrected chi connectivity index (χ0v) is 15.4. The van der Waals surface area contributed by atoms with Crippen LogP contribution in [-0.2, 0) is 20.9 Å². The summed E-state index contributed by atoms with van der Waals surface area (Å²) in [5.74, 6) is -1.86. The summed E-state index contributed by atoms with van der Waals surface area (Å²) in [4.78, 5) is 38.2. The lowest BCUT2D eigenvalue weighted by Gasteiger charge is -2.21. The Kier molecular flexibility index (Phi) is 5.69. The van der Waals surface area contributed by atoms with Gasteiger partial charge in [-0.05, 0) is 12.1 Å². The number of carbonyl (C=O) groups excluding carboxylic acids is 2. The quantitative estimate of drug-likeness (QED) is 0.605. The summed E-state index contributed by atoms with van der Waals surface area (Å²) in [5.41, 5.74) is 1.14. The van der Waals surface area contributed by atoms with E-state index in [0.717, 1.165) is 4.68 Å². The van der Waals surface area contributed by atoms with Gasteiger partial charge in [0.05, 0.1) is 0 Å². The molecule has 0 aliphatic heterocycles. The van der Waals surface area contributed by atoms with E-state index in [9.17, 15) is 14.4 Å². The molecule has 8 heteroatoms. The van der Waals surface area contributed by atoms with Gasteiger partial charge in [-0.3, -0.25) is 9.59 Å². The van der Waals surface area contributed by atoms with Crippen LogP contribution in [0.3, 0.4) is 0 Å². The maximum absolute atomic E-state index is 12.4. The van der Waals surface area contributed by atoms with Crippen molar-refractivity contribution in [3.8, 4) is 11.5 Å². The Morgan fingerprint density at radius 1 is 1.07 bits per heavy atom. The fourth-order valence-corrected chi connectivity index (χ4v) is 2.52. The van der Waals surface area contributed by atoms with Gasteiger partial charge in [-0.2, -0.15) is 4.68 Å². The molecule has 0 unspecified atom stereocenters. The van der Waals surface area contributed by atoms with E-state index >= 15 is 0 Å². The van der Waals surface area contributed by atoms with Crippen LogP contribution in [0.4, 0.5) is 0 Å². The van der Waals surface area contributed by atoms with E-state index in [-0.39, 0.29) is 5.89 Å². The molecule has 1 heterocycles. The molecule has 144 valence electrons. The van der Waals surface area contributed by atoms with Crippen molar-refractivity contribution in [2.45, 2.75) is 12.6 Å². The monoisotopic (exact) mass is 381 g/mol. The topological polar surface area (TPSA) is 94.6 Å². The maximum atomic E-state index is 12.4. The Hall–Kier alpha value is -3.68. The summed E-state index contributed by atoms with van der Waals surface area (Å²) in [6, 6.07) is 17.5. The van der Waals surface area contributed by atoms with Gasteiger partial charge in [0.2, 0.25) is 12.0 Å². The van der Waals surface area contributed by atoms with Crippen LogP contribution >= 0.6 is 0 Å². The minimum atomic E-state index is -1.11. The van der Waals surface area contributed by atoms with Gasteiger partial charge in [0.15, 0.2) is 0 Å². The molecule has 3 aromatic rings. The molecule has 0 radical (unpaired) electrons. The summed E-state index contributed by atoms with van der Waals surface area (Å²) >= 11 is 0. The first-order valence-electron chi connectivity index (χ1n) is 8.54. The van der Waals surface area contributed by atoms with E-state index in [2.05, 4.69) is 5.10 Å². The van der Waals surface area contributed by atoms with Crippen LogP contribution in [0.15, 0.2) is 69.9 Å². The summed E-state index contributed by atoms with van der Waals surface area (Å²) < 4.78 is 11.3. The second-order valence-electron chi connectivity index (χ2n) is 6.21. The minimum Gasteiger partial charge on any atom is -0.446 e. The first kappa shape index (κ1) is 19.1. The van der Waals surface area contributed by atoms with Crippen LogP contribution < -0.4 is 5.76 Å². The highest BCUT2D eigenvalue weighted by Crippen LogP contribution is 2.20. The lowest BCUT2D eigenvalue weighted by Crippen LogP contribution is -2.33. The van der Waals surface area contributed by atoms with E-state index in [1.807, 2.05) is 6.07 Å². The van der Waals surface area contributed by atoms with Crippen molar-refractivity contribution >= 4 is 11.9 Å². The van der Waals surface area contributed by atoms with Crippen LogP contribution in [0.1, 0.15) is 11.7 Å². The molecule has 2 aromatic carbocycles. The molecule has 1 atom stereocenters. The molecule has 0 saturated heterocycles. The zero-order valence-electron chi connectivity index (χ0n) is 15.4. The highest BCUT2D eigenvalue weighted by atomic mass is 16.5. The molecule has 0 fully saturated rings. The largest absolute Gasteiger partial charge is 0.446 e. The normalized spacial score (nSPS) is 11.6. The number of ether oxygens (including phenoxy) is 1. The van der Waals surface area contributed by atoms with Crippen LogP contribution in [0.2, 0.25) is 0 Å². The summed E-state index contributed by atoms with van der Waals surface area (Å²) in [5, 5.41) is 4.02. The molecular formula is C20H19N3O5. The number of nitrogens with zero attached hydrogens (tertiary/aromatic N) is 3. The summed E-state index contributed by atoms with van der Waals surface area (Å²) in [7, 11) is 3.14. The van der Waals surface area contributed by atoms with Gasteiger partial charge in [0, 0.05) is 25.2 Å².